The van der Waals surface area contributed by atoms with Crippen molar-refractivity contribution in [3.05, 3.63) is 71.8 Å². The third-order valence-electron chi connectivity index (χ3n) is 7.27. The van der Waals surface area contributed by atoms with Gasteiger partial charge in [0.2, 0.25) is 5.91 Å². The first-order valence-corrected chi connectivity index (χ1v) is 12.2. The summed E-state index contributed by atoms with van der Waals surface area (Å²) in [4.78, 5) is 36.4. The molecule has 0 bridgehead atoms. The number of carboxylic acids is 1. The lowest BCUT2D eigenvalue weighted by Crippen LogP contribution is -2.50. The largest absolute Gasteiger partial charge is 0.478 e. The van der Waals surface area contributed by atoms with Crippen LogP contribution in [0.1, 0.15) is 49.7 Å². The van der Waals surface area contributed by atoms with Crippen LogP contribution < -0.4 is 10.6 Å². The second kappa shape index (κ2) is 10.8. The molecule has 2 aliphatic carbocycles. The molecule has 0 atom stereocenters. The molecule has 2 amide bonds. The van der Waals surface area contributed by atoms with Crippen LogP contribution >= 0.6 is 0 Å². The smallest absolute Gasteiger partial charge is 0.407 e. The molecule has 184 valence electrons. The minimum absolute atomic E-state index is 0.0260. The van der Waals surface area contributed by atoms with E-state index in [4.69, 9.17) is 9.84 Å². The Morgan fingerprint density at radius 2 is 1.60 bits per heavy atom. The van der Waals surface area contributed by atoms with Crippen LogP contribution in [0.4, 0.5) is 4.79 Å². The monoisotopic (exact) mass is 476 g/mol. The van der Waals surface area contributed by atoms with Gasteiger partial charge < -0.3 is 20.5 Å². The predicted molar refractivity (Wildman–Crippen MR) is 133 cm³/mol. The molecule has 2 aliphatic rings. The van der Waals surface area contributed by atoms with E-state index in [2.05, 4.69) is 41.8 Å². The number of carbonyl (C=O) groups is 3. The molecule has 0 aliphatic heterocycles. The van der Waals surface area contributed by atoms with Crippen molar-refractivity contribution in [3.8, 4) is 11.1 Å². The van der Waals surface area contributed by atoms with Crippen LogP contribution in [-0.4, -0.2) is 42.8 Å². The second-order valence-electron chi connectivity index (χ2n) is 9.59. The van der Waals surface area contributed by atoms with Gasteiger partial charge in [-0.15, -0.1) is 0 Å². The number of amides is 2. The van der Waals surface area contributed by atoms with Gasteiger partial charge in [-0.1, -0.05) is 61.5 Å². The van der Waals surface area contributed by atoms with E-state index in [1.807, 2.05) is 24.3 Å². The van der Waals surface area contributed by atoms with Crippen molar-refractivity contribution in [1.29, 1.82) is 0 Å². The van der Waals surface area contributed by atoms with E-state index in [0.29, 0.717) is 18.8 Å². The summed E-state index contributed by atoms with van der Waals surface area (Å²) in [5.41, 5.74) is 3.90. The van der Waals surface area contributed by atoms with Gasteiger partial charge in [0.15, 0.2) is 0 Å². The number of carbonyl (C=O) groups excluding carboxylic acids is 2. The van der Waals surface area contributed by atoms with Gasteiger partial charge in [0.25, 0.3) is 0 Å². The third-order valence-corrected chi connectivity index (χ3v) is 7.27. The van der Waals surface area contributed by atoms with Crippen LogP contribution in [0.15, 0.2) is 60.7 Å². The molecule has 0 heterocycles. The number of hydrogen-bond acceptors (Lipinski definition) is 4. The quantitative estimate of drug-likeness (QED) is 0.488. The Bertz CT molecular complexity index is 1070. The molecule has 1 fully saturated rings. The van der Waals surface area contributed by atoms with Gasteiger partial charge in [-0.3, -0.25) is 4.79 Å². The Kier molecular flexibility index (Phi) is 7.54. The normalized spacial score (nSPS) is 21.2. The molecule has 0 radical (unpaired) electrons. The molecule has 2 aromatic carbocycles. The maximum Gasteiger partial charge on any atom is 0.407 e. The first-order chi connectivity index (χ1) is 16.9. The maximum absolute atomic E-state index is 13.0. The van der Waals surface area contributed by atoms with Crippen molar-refractivity contribution >= 4 is 18.0 Å². The second-order valence-corrected chi connectivity index (χ2v) is 9.59. The number of alkyl carbamates (subject to hydrolysis) is 1. The first-order valence-electron chi connectivity index (χ1n) is 12.2. The highest BCUT2D eigenvalue weighted by Crippen LogP contribution is 2.44. The molecule has 0 spiro atoms. The number of benzene rings is 2. The highest BCUT2D eigenvalue weighted by Gasteiger charge is 2.41. The SMILES string of the molecule is CC1CCC(CNC(=O)OCC2c3ccccc3-c3ccccc32)(C(=O)NC/C=C/C(=O)O)CC1. The Labute approximate surface area is 205 Å². The molecule has 0 aromatic heterocycles. The fraction of sp³-hybridized carbons (Fsp3) is 0.393. The summed E-state index contributed by atoms with van der Waals surface area (Å²) in [5, 5.41) is 14.4. The summed E-state index contributed by atoms with van der Waals surface area (Å²) in [6.07, 6.45) is 4.97. The van der Waals surface area contributed by atoms with Crippen LogP contribution in [0.25, 0.3) is 11.1 Å². The maximum atomic E-state index is 13.0. The van der Waals surface area contributed by atoms with Crippen LogP contribution in [-0.2, 0) is 14.3 Å². The van der Waals surface area contributed by atoms with E-state index < -0.39 is 17.5 Å². The van der Waals surface area contributed by atoms with Crippen LogP contribution in [0.2, 0.25) is 0 Å². The van der Waals surface area contributed by atoms with Gasteiger partial charge in [-0.2, -0.15) is 0 Å². The molecule has 2 aromatic rings. The van der Waals surface area contributed by atoms with Crippen molar-refractivity contribution in [1.82, 2.24) is 10.6 Å². The summed E-state index contributed by atoms with van der Waals surface area (Å²) in [7, 11) is 0. The average Bonchev–Trinajstić information content (AvgIpc) is 3.18. The van der Waals surface area contributed by atoms with E-state index in [9.17, 15) is 14.4 Å². The topological polar surface area (TPSA) is 105 Å². The van der Waals surface area contributed by atoms with E-state index in [1.165, 1.54) is 17.2 Å². The summed E-state index contributed by atoms with van der Waals surface area (Å²) < 4.78 is 5.64. The number of ether oxygens (including phenoxy) is 1. The van der Waals surface area contributed by atoms with Crippen molar-refractivity contribution in [3.63, 3.8) is 0 Å². The number of carboxylic acid groups (broad SMARTS) is 1. The molecule has 7 heteroatoms. The first kappa shape index (κ1) is 24.5. The summed E-state index contributed by atoms with van der Waals surface area (Å²) >= 11 is 0. The Morgan fingerprint density at radius 1 is 1.00 bits per heavy atom. The molecule has 7 nitrogen and oxygen atoms in total. The lowest BCUT2D eigenvalue weighted by atomic mass is 9.70. The Hall–Kier alpha value is -3.61. The summed E-state index contributed by atoms with van der Waals surface area (Å²) in [6, 6.07) is 16.3. The van der Waals surface area contributed by atoms with Gasteiger partial charge in [0, 0.05) is 25.1 Å². The molecule has 4 rings (SSSR count). The van der Waals surface area contributed by atoms with E-state index in [1.54, 1.807) is 0 Å². The van der Waals surface area contributed by atoms with Crippen molar-refractivity contribution in [2.75, 3.05) is 19.7 Å². The third kappa shape index (κ3) is 5.56. The van der Waals surface area contributed by atoms with E-state index in [0.717, 1.165) is 30.0 Å². The Balaban J connectivity index is 1.37. The fourth-order valence-electron chi connectivity index (χ4n) is 5.19. The van der Waals surface area contributed by atoms with Crippen LogP contribution in [0.5, 0.6) is 0 Å². The van der Waals surface area contributed by atoms with Gasteiger partial charge in [0.05, 0.1) is 5.41 Å². The predicted octanol–water partition coefficient (Wildman–Crippen LogP) is 4.48. The number of rotatable bonds is 8. The van der Waals surface area contributed by atoms with E-state index in [-0.39, 0.29) is 31.5 Å². The number of hydrogen-bond donors (Lipinski definition) is 3. The number of nitrogens with one attached hydrogen (secondary N) is 2. The minimum Gasteiger partial charge on any atom is -0.478 e. The van der Waals surface area contributed by atoms with Gasteiger partial charge in [-0.25, -0.2) is 9.59 Å². The van der Waals surface area contributed by atoms with Crippen molar-refractivity contribution in [2.45, 2.75) is 38.5 Å². The fourth-order valence-corrected chi connectivity index (χ4v) is 5.19. The number of fused-ring (bicyclic) bond motifs is 3. The Morgan fingerprint density at radius 3 is 2.20 bits per heavy atom. The molecular formula is C28H32N2O5. The van der Waals surface area contributed by atoms with Gasteiger partial charge in [-0.05, 0) is 53.9 Å². The lowest BCUT2D eigenvalue weighted by Gasteiger charge is -2.38. The summed E-state index contributed by atoms with van der Waals surface area (Å²) in [5.74, 6) is -0.727. The zero-order valence-electron chi connectivity index (χ0n) is 20.0. The standard InChI is InChI=1S/C28H32N2O5/c1-19-12-14-28(15-13-19,26(33)29-16-6-11-25(31)32)18-30-27(34)35-17-24-22-9-4-2-7-20(22)21-8-3-5-10-23(21)24/h2-11,19,24H,12-18H2,1H3,(H,29,33)(H,30,34)(H,31,32)/b11-6+. The van der Waals surface area contributed by atoms with E-state index >= 15 is 0 Å². The molecule has 0 unspecified atom stereocenters. The minimum atomic E-state index is -1.06. The molecule has 3 N–H and O–H groups in total. The molecule has 0 saturated heterocycles. The van der Waals surface area contributed by atoms with Crippen molar-refractivity contribution < 1.29 is 24.2 Å². The molecular weight excluding hydrogens is 444 g/mol. The highest BCUT2D eigenvalue weighted by atomic mass is 16.5. The molecule has 1 saturated carbocycles. The highest BCUT2D eigenvalue weighted by molar-refractivity contribution is 5.84. The number of aliphatic carboxylic acids is 1. The van der Waals surface area contributed by atoms with Gasteiger partial charge in [0.1, 0.15) is 6.61 Å². The summed E-state index contributed by atoms with van der Waals surface area (Å²) in [6.45, 7) is 2.70. The van der Waals surface area contributed by atoms with Crippen molar-refractivity contribution in [2.24, 2.45) is 11.3 Å². The van der Waals surface area contributed by atoms with Crippen LogP contribution in [0.3, 0.4) is 0 Å². The van der Waals surface area contributed by atoms with Gasteiger partial charge >= 0.3 is 12.1 Å². The zero-order valence-corrected chi connectivity index (χ0v) is 20.0. The van der Waals surface area contributed by atoms with Crippen LogP contribution in [0, 0.1) is 11.3 Å². The zero-order chi connectivity index (χ0) is 24.8. The molecule has 35 heavy (non-hydrogen) atoms. The average molecular weight is 477 g/mol. The lowest BCUT2D eigenvalue weighted by molar-refractivity contribution is -0.133.